The van der Waals surface area contributed by atoms with E-state index >= 15 is 0 Å². The summed E-state index contributed by atoms with van der Waals surface area (Å²) in [6.45, 7) is 2.42. The van der Waals surface area contributed by atoms with E-state index in [9.17, 15) is 9.59 Å². The second kappa shape index (κ2) is 10.3. The zero-order valence-electron chi connectivity index (χ0n) is 19.4. The van der Waals surface area contributed by atoms with Gasteiger partial charge in [-0.1, -0.05) is 66.4 Å². The summed E-state index contributed by atoms with van der Waals surface area (Å²) >= 11 is 3.01. The molecule has 2 heterocycles. The molecule has 3 aromatic rings. The van der Waals surface area contributed by atoms with Gasteiger partial charge in [-0.2, -0.15) is 0 Å². The van der Waals surface area contributed by atoms with E-state index in [1.54, 1.807) is 15.9 Å². The first kappa shape index (κ1) is 23.1. The Morgan fingerprint density at radius 1 is 1.18 bits per heavy atom. The number of hydrogen-bond acceptors (Lipinski definition) is 5. The number of fused-ring (bicyclic) bond motifs is 3. The maximum absolute atomic E-state index is 13.5. The topological polar surface area (TPSA) is 52.0 Å². The highest BCUT2D eigenvalue weighted by Crippen LogP contribution is 2.35. The third kappa shape index (κ3) is 4.62. The van der Waals surface area contributed by atoms with Crippen LogP contribution in [0.5, 0.6) is 0 Å². The van der Waals surface area contributed by atoms with Crippen molar-refractivity contribution >= 4 is 44.7 Å². The number of nitrogens with zero attached hydrogens (tertiary/aromatic N) is 2. The van der Waals surface area contributed by atoms with Crippen LogP contribution >= 0.6 is 23.1 Å². The normalized spacial score (nSPS) is 15.6. The molecule has 0 unspecified atom stereocenters. The fourth-order valence-electron chi connectivity index (χ4n) is 4.59. The van der Waals surface area contributed by atoms with Crippen molar-refractivity contribution < 1.29 is 4.79 Å². The lowest BCUT2D eigenvalue weighted by Crippen LogP contribution is -2.23. The van der Waals surface area contributed by atoms with Gasteiger partial charge in [0.05, 0.1) is 11.1 Å². The number of carbonyl (C=O) groups is 1. The molecule has 0 atom stereocenters. The minimum atomic E-state index is 0.0237. The molecule has 1 aromatic carbocycles. The van der Waals surface area contributed by atoms with Crippen molar-refractivity contribution in [2.75, 3.05) is 5.75 Å². The fourth-order valence-corrected chi connectivity index (χ4v) is 6.80. The van der Waals surface area contributed by atoms with Crippen molar-refractivity contribution in [3.8, 4) is 0 Å². The summed E-state index contributed by atoms with van der Waals surface area (Å²) in [6.07, 6.45) is 16.9. The largest absolute Gasteiger partial charge is 0.293 e. The van der Waals surface area contributed by atoms with Gasteiger partial charge in [0.2, 0.25) is 0 Å². The second-order valence-electron chi connectivity index (χ2n) is 8.70. The van der Waals surface area contributed by atoms with E-state index in [1.807, 2.05) is 43.3 Å². The Balaban J connectivity index is 1.39. The lowest BCUT2D eigenvalue weighted by atomic mass is 9.97. The molecule has 0 aliphatic heterocycles. The number of carbonyl (C=O) groups excluding carboxylic acids is 1. The van der Waals surface area contributed by atoms with Gasteiger partial charge in [-0.25, -0.2) is 4.98 Å². The smallest absolute Gasteiger partial charge is 0.263 e. The standard InChI is InChI=1S/C28H28N2O2S2/c1-2-3-17-30-27(32)25-22-11-7-8-12-24(22)34-26(25)29-28(30)33-18-23(31)21-15-13-20(14-16-21)19-9-5-4-6-10-19/h2-3,5,9-10,13-16H,4,6-8,11-12,17-18H2,1H3/b3-2+. The quantitative estimate of drug-likeness (QED) is 0.162. The lowest BCUT2D eigenvalue weighted by Gasteiger charge is -2.12. The van der Waals surface area contributed by atoms with Gasteiger partial charge < -0.3 is 0 Å². The van der Waals surface area contributed by atoms with Crippen molar-refractivity contribution in [1.82, 2.24) is 9.55 Å². The predicted octanol–water partition coefficient (Wildman–Crippen LogP) is 6.62. The first-order valence-electron chi connectivity index (χ1n) is 11.9. The summed E-state index contributed by atoms with van der Waals surface area (Å²) in [6, 6.07) is 7.83. The van der Waals surface area contributed by atoms with Crippen LogP contribution in [-0.2, 0) is 19.4 Å². The lowest BCUT2D eigenvalue weighted by molar-refractivity contribution is 0.102. The summed E-state index contributed by atoms with van der Waals surface area (Å²) in [5.41, 5.74) is 4.26. The minimum Gasteiger partial charge on any atom is -0.293 e. The van der Waals surface area contributed by atoms with Crippen LogP contribution in [0.15, 0.2) is 64.6 Å². The number of Topliss-reactive ketones (excluding diaryl/α,β-unsaturated/α-hetero) is 1. The van der Waals surface area contributed by atoms with Crippen molar-refractivity contribution in [2.24, 2.45) is 0 Å². The number of aryl methyl sites for hydroxylation is 2. The molecule has 2 aliphatic rings. The van der Waals surface area contributed by atoms with Gasteiger partial charge in [-0.3, -0.25) is 14.2 Å². The monoisotopic (exact) mass is 488 g/mol. The highest BCUT2D eigenvalue weighted by Gasteiger charge is 2.22. The van der Waals surface area contributed by atoms with E-state index in [1.165, 1.54) is 34.2 Å². The molecule has 0 spiro atoms. The number of benzene rings is 1. The number of thiophene rings is 1. The number of ketones is 1. The molecule has 0 amide bonds. The van der Waals surface area contributed by atoms with Crippen molar-refractivity contribution in [1.29, 1.82) is 0 Å². The number of rotatable bonds is 7. The molecule has 6 heteroatoms. The molecule has 174 valence electrons. The number of aromatic nitrogens is 2. The first-order chi connectivity index (χ1) is 16.7. The molecular weight excluding hydrogens is 460 g/mol. The van der Waals surface area contributed by atoms with Crippen molar-refractivity contribution in [3.63, 3.8) is 0 Å². The van der Waals surface area contributed by atoms with Crippen LogP contribution in [0.25, 0.3) is 15.8 Å². The van der Waals surface area contributed by atoms with E-state index in [2.05, 4.69) is 18.2 Å². The van der Waals surface area contributed by atoms with Gasteiger partial charge in [-0.15, -0.1) is 11.3 Å². The summed E-state index contributed by atoms with van der Waals surface area (Å²) < 4.78 is 1.73. The zero-order chi connectivity index (χ0) is 23.5. The van der Waals surface area contributed by atoms with Crippen molar-refractivity contribution in [2.45, 2.75) is 57.1 Å². The van der Waals surface area contributed by atoms with E-state index in [0.29, 0.717) is 17.3 Å². The fraction of sp³-hybridized carbons (Fsp3) is 0.321. The summed E-state index contributed by atoms with van der Waals surface area (Å²) in [7, 11) is 0. The Morgan fingerprint density at radius 2 is 2.00 bits per heavy atom. The Bertz CT molecular complexity index is 1370. The van der Waals surface area contributed by atoms with E-state index in [-0.39, 0.29) is 17.1 Å². The maximum atomic E-state index is 13.5. The van der Waals surface area contributed by atoms with Gasteiger partial charge >= 0.3 is 0 Å². The first-order valence-corrected chi connectivity index (χ1v) is 13.8. The second-order valence-corrected chi connectivity index (χ2v) is 10.7. The predicted molar refractivity (Wildman–Crippen MR) is 143 cm³/mol. The molecule has 34 heavy (non-hydrogen) atoms. The van der Waals surface area contributed by atoms with Crippen molar-refractivity contribution in [3.05, 3.63) is 86.6 Å². The van der Waals surface area contributed by atoms with E-state index < -0.39 is 0 Å². The van der Waals surface area contributed by atoms with Crippen LogP contribution in [0, 0.1) is 0 Å². The molecule has 0 N–H and O–H groups in total. The van der Waals surface area contributed by atoms with Crippen LogP contribution in [0.3, 0.4) is 0 Å². The van der Waals surface area contributed by atoms with Crippen LogP contribution in [0.2, 0.25) is 0 Å². The molecule has 2 aliphatic carbocycles. The van der Waals surface area contributed by atoms with Gasteiger partial charge in [0.25, 0.3) is 5.56 Å². The van der Waals surface area contributed by atoms with Gasteiger partial charge in [0, 0.05) is 17.0 Å². The Kier molecular flexibility index (Phi) is 6.97. The molecule has 2 aromatic heterocycles. The number of thioether (sulfide) groups is 1. The zero-order valence-corrected chi connectivity index (χ0v) is 21.0. The minimum absolute atomic E-state index is 0.0237. The Labute approximate surface area is 208 Å². The summed E-state index contributed by atoms with van der Waals surface area (Å²) in [5, 5.41) is 1.42. The van der Waals surface area contributed by atoms with Crippen LogP contribution in [0.1, 0.15) is 59.0 Å². The third-order valence-corrected chi connectivity index (χ3v) is 8.59. The number of allylic oxidation sites excluding steroid dienone is 6. The SMILES string of the molecule is C/C=C/Cn1c(SCC(=O)c2ccc(C3=CCCC=C3)cc2)nc2sc3c(c2c1=O)CCCC3. The molecule has 5 rings (SSSR count). The van der Waals surface area contributed by atoms with Gasteiger partial charge in [0.1, 0.15) is 4.83 Å². The van der Waals surface area contributed by atoms with E-state index in [0.717, 1.165) is 47.9 Å². The Morgan fingerprint density at radius 3 is 2.76 bits per heavy atom. The molecule has 0 saturated carbocycles. The maximum Gasteiger partial charge on any atom is 0.263 e. The van der Waals surface area contributed by atoms with Crippen LogP contribution in [-0.4, -0.2) is 21.1 Å². The highest BCUT2D eigenvalue weighted by molar-refractivity contribution is 7.99. The molecule has 0 fully saturated rings. The van der Waals surface area contributed by atoms with Gasteiger partial charge in [-0.05, 0) is 62.1 Å². The molecular formula is C28H28N2O2S2. The number of hydrogen-bond donors (Lipinski definition) is 0. The van der Waals surface area contributed by atoms with Crippen LogP contribution in [0.4, 0.5) is 0 Å². The highest BCUT2D eigenvalue weighted by atomic mass is 32.2. The summed E-state index contributed by atoms with van der Waals surface area (Å²) in [5.74, 6) is 0.294. The van der Waals surface area contributed by atoms with E-state index in [4.69, 9.17) is 4.98 Å². The molecule has 0 radical (unpaired) electrons. The average Bonchev–Trinajstić information content (AvgIpc) is 3.26. The third-order valence-electron chi connectivity index (χ3n) is 6.43. The molecule has 0 bridgehead atoms. The average molecular weight is 489 g/mol. The van der Waals surface area contributed by atoms with Gasteiger partial charge in [0.15, 0.2) is 10.9 Å². The molecule has 0 saturated heterocycles. The Hall–Kier alpha value is -2.70. The van der Waals surface area contributed by atoms with Crippen LogP contribution < -0.4 is 5.56 Å². The summed E-state index contributed by atoms with van der Waals surface area (Å²) in [4.78, 5) is 33.4. The molecule has 4 nitrogen and oxygen atoms in total.